The summed E-state index contributed by atoms with van der Waals surface area (Å²) in [5, 5.41) is 0. The van der Waals surface area contributed by atoms with E-state index in [0.29, 0.717) is 4.34 Å². The first-order valence-corrected chi connectivity index (χ1v) is 5.29. The van der Waals surface area contributed by atoms with Crippen molar-refractivity contribution < 1.29 is 9.00 Å². The molecule has 1 rings (SSSR count). The summed E-state index contributed by atoms with van der Waals surface area (Å²) in [5.41, 5.74) is 10.3. The van der Waals surface area contributed by atoms with Crippen LogP contribution in [0.5, 0.6) is 0 Å². The average Bonchev–Trinajstić information content (AvgIpc) is 2.30. The van der Waals surface area contributed by atoms with Crippen molar-refractivity contribution in [3.8, 4) is 0 Å². The third-order valence-electron chi connectivity index (χ3n) is 1.10. The van der Waals surface area contributed by atoms with Crippen LogP contribution in [0.2, 0.25) is 0 Å². The first-order chi connectivity index (χ1) is 5.52. The third kappa shape index (κ3) is 1.62. The monoisotopic (exact) mass is 205 g/mol. The zero-order chi connectivity index (χ0) is 9.30. The topological polar surface area (TPSA) is 99.1 Å². The van der Waals surface area contributed by atoms with Crippen molar-refractivity contribution in [3.63, 3.8) is 0 Å². The van der Waals surface area contributed by atoms with E-state index in [0.717, 1.165) is 11.3 Å². The largest absolute Gasteiger partial charge is 0.382 e. The summed E-state index contributed by atoms with van der Waals surface area (Å²) in [6.07, 6.45) is 1.46. The summed E-state index contributed by atoms with van der Waals surface area (Å²) in [6.45, 7) is 0. The van der Waals surface area contributed by atoms with E-state index in [2.05, 4.69) is 4.98 Å². The van der Waals surface area contributed by atoms with Gasteiger partial charge in [-0.05, 0) is 0 Å². The van der Waals surface area contributed by atoms with Crippen LogP contribution in [0.15, 0.2) is 4.34 Å². The van der Waals surface area contributed by atoms with Gasteiger partial charge in [0.1, 0.15) is 10.7 Å². The Morgan fingerprint density at radius 1 is 1.67 bits per heavy atom. The molecule has 1 unspecified atom stereocenters. The zero-order valence-electron chi connectivity index (χ0n) is 6.23. The Morgan fingerprint density at radius 3 is 2.50 bits per heavy atom. The number of rotatable bonds is 2. The van der Waals surface area contributed by atoms with Crippen LogP contribution in [0.25, 0.3) is 0 Å². The van der Waals surface area contributed by atoms with Gasteiger partial charge in [-0.25, -0.2) is 4.98 Å². The normalized spacial score (nSPS) is 12.8. The molecule has 5 nitrogen and oxygen atoms in total. The van der Waals surface area contributed by atoms with Crippen LogP contribution in [0.3, 0.4) is 0 Å². The molecule has 0 fully saturated rings. The molecule has 0 aliphatic heterocycles. The second kappa shape index (κ2) is 3.20. The standard InChI is InChI=1S/C5H7N3O2S2/c1-12(10)5-8-3(6)2(11-5)4(7)9/h6H2,1H3,(H2,7,9). The first kappa shape index (κ1) is 9.14. The van der Waals surface area contributed by atoms with Gasteiger partial charge in [0.2, 0.25) is 0 Å². The molecule has 0 saturated carbocycles. The van der Waals surface area contributed by atoms with Crippen molar-refractivity contribution >= 4 is 33.9 Å². The Morgan fingerprint density at radius 2 is 2.25 bits per heavy atom. The number of amides is 1. The second-order valence-corrected chi connectivity index (χ2v) is 4.56. The first-order valence-electron chi connectivity index (χ1n) is 2.92. The molecule has 1 atom stereocenters. The van der Waals surface area contributed by atoms with Crippen molar-refractivity contribution in [1.29, 1.82) is 0 Å². The van der Waals surface area contributed by atoms with E-state index < -0.39 is 16.7 Å². The number of primary amides is 1. The predicted octanol–water partition coefficient (Wildman–Crippen LogP) is -0.438. The molecule has 0 saturated heterocycles. The maximum atomic E-state index is 10.9. The summed E-state index contributed by atoms with van der Waals surface area (Å²) in [7, 11) is -1.22. The molecule has 1 heterocycles. The lowest BCUT2D eigenvalue weighted by atomic mass is 10.5. The van der Waals surface area contributed by atoms with Crippen LogP contribution in [0.4, 0.5) is 5.82 Å². The zero-order valence-corrected chi connectivity index (χ0v) is 7.87. The fraction of sp³-hybridized carbons (Fsp3) is 0.200. The van der Waals surface area contributed by atoms with Crippen LogP contribution >= 0.6 is 11.3 Å². The summed E-state index contributed by atoms with van der Waals surface area (Å²) < 4.78 is 11.2. The van der Waals surface area contributed by atoms with E-state index in [-0.39, 0.29) is 10.7 Å². The molecule has 12 heavy (non-hydrogen) atoms. The number of hydrogen-bond donors (Lipinski definition) is 2. The molecule has 0 spiro atoms. The Kier molecular flexibility index (Phi) is 2.43. The van der Waals surface area contributed by atoms with Gasteiger partial charge in [-0.3, -0.25) is 9.00 Å². The highest BCUT2D eigenvalue weighted by molar-refractivity contribution is 7.86. The van der Waals surface area contributed by atoms with Gasteiger partial charge in [0, 0.05) is 6.26 Å². The molecule has 66 valence electrons. The molecular weight excluding hydrogens is 198 g/mol. The summed E-state index contributed by atoms with van der Waals surface area (Å²) >= 11 is 0.965. The highest BCUT2D eigenvalue weighted by Gasteiger charge is 2.14. The number of aromatic nitrogens is 1. The van der Waals surface area contributed by atoms with E-state index in [1.54, 1.807) is 0 Å². The van der Waals surface area contributed by atoms with Gasteiger partial charge in [-0.2, -0.15) is 0 Å². The van der Waals surface area contributed by atoms with Crippen molar-refractivity contribution in [2.75, 3.05) is 12.0 Å². The van der Waals surface area contributed by atoms with Crippen LogP contribution in [-0.2, 0) is 10.8 Å². The van der Waals surface area contributed by atoms with Crippen molar-refractivity contribution in [3.05, 3.63) is 4.88 Å². The Bertz CT molecular complexity index is 346. The van der Waals surface area contributed by atoms with Crippen LogP contribution in [0.1, 0.15) is 9.67 Å². The molecule has 0 aliphatic rings. The number of anilines is 1. The number of carbonyl (C=O) groups excluding carboxylic acids is 1. The maximum absolute atomic E-state index is 10.9. The molecule has 1 aromatic heterocycles. The molecule has 0 aliphatic carbocycles. The minimum Gasteiger partial charge on any atom is -0.382 e. The maximum Gasteiger partial charge on any atom is 0.262 e. The van der Waals surface area contributed by atoms with E-state index in [9.17, 15) is 9.00 Å². The average molecular weight is 205 g/mol. The lowest BCUT2D eigenvalue weighted by Crippen LogP contribution is -2.10. The Hall–Kier alpha value is -0.950. The van der Waals surface area contributed by atoms with Crippen LogP contribution in [-0.4, -0.2) is 21.4 Å². The fourth-order valence-electron chi connectivity index (χ4n) is 0.611. The lowest BCUT2D eigenvalue weighted by molar-refractivity contribution is 0.100. The number of carbonyl (C=O) groups is 1. The minimum atomic E-state index is -1.22. The number of nitrogen functional groups attached to an aromatic ring is 1. The second-order valence-electron chi connectivity index (χ2n) is 2.01. The van der Waals surface area contributed by atoms with Crippen molar-refractivity contribution in [1.82, 2.24) is 4.98 Å². The fourth-order valence-corrected chi connectivity index (χ4v) is 2.13. The minimum absolute atomic E-state index is 0.0534. The van der Waals surface area contributed by atoms with Gasteiger partial charge >= 0.3 is 0 Å². The highest BCUT2D eigenvalue weighted by atomic mass is 32.2. The molecule has 0 aromatic carbocycles. The molecule has 4 N–H and O–H groups in total. The highest BCUT2D eigenvalue weighted by Crippen LogP contribution is 2.21. The van der Waals surface area contributed by atoms with Crippen LogP contribution < -0.4 is 11.5 Å². The quantitative estimate of drug-likeness (QED) is 0.683. The van der Waals surface area contributed by atoms with Gasteiger partial charge in [-0.1, -0.05) is 11.3 Å². The molecule has 1 amide bonds. The van der Waals surface area contributed by atoms with Gasteiger partial charge in [0.05, 0.1) is 10.8 Å². The van der Waals surface area contributed by atoms with E-state index in [1.807, 2.05) is 0 Å². The Labute approximate surface area is 75.2 Å². The number of thiazole rings is 1. The summed E-state index contributed by atoms with van der Waals surface area (Å²) in [4.78, 5) is 14.6. The smallest absolute Gasteiger partial charge is 0.262 e. The van der Waals surface area contributed by atoms with Crippen molar-refractivity contribution in [2.45, 2.75) is 4.34 Å². The van der Waals surface area contributed by atoms with Crippen molar-refractivity contribution in [2.24, 2.45) is 5.73 Å². The van der Waals surface area contributed by atoms with E-state index in [4.69, 9.17) is 11.5 Å². The molecule has 0 radical (unpaired) electrons. The summed E-state index contributed by atoms with van der Waals surface area (Å²) in [6, 6.07) is 0. The lowest BCUT2D eigenvalue weighted by Gasteiger charge is -1.85. The SMILES string of the molecule is CS(=O)c1nc(N)c(C(N)=O)s1. The number of nitrogens with two attached hydrogens (primary N) is 2. The number of hydrogen-bond acceptors (Lipinski definition) is 5. The molecule has 1 aromatic rings. The predicted molar refractivity (Wildman–Crippen MR) is 47.4 cm³/mol. The van der Waals surface area contributed by atoms with E-state index >= 15 is 0 Å². The van der Waals surface area contributed by atoms with Crippen LogP contribution in [0, 0.1) is 0 Å². The van der Waals surface area contributed by atoms with Gasteiger partial charge in [0.15, 0.2) is 4.34 Å². The third-order valence-corrected chi connectivity index (χ3v) is 3.52. The van der Waals surface area contributed by atoms with Gasteiger partial charge in [-0.15, -0.1) is 0 Å². The summed E-state index contributed by atoms with van der Waals surface area (Å²) in [5.74, 6) is -0.584. The Balaban J connectivity index is 3.17. The molecule has 7 heteroatoms. The van der Waals surface area contributed by atoms with E-state index in [1.165, 1.54) is 6.26 Å². The number of nitrogens with zero attached hydrogens (tertiary/aromatic N) is 1. The van der Waals surface area contributed by atoms with Gasteiger partial charge < -0.3 is 11.5 Å². The van der Waals surface area contributed by atoms with Gasteiger partial charge in [0.25, 0.3) is 5.91 Å². The molecule has 0 bridgehead atoms. The molecular formula is C5H7N3O2S2.